The van der Waals surface area contributed by atoms with Gasteiger partial charge in [-0.15, -0.1) is 5.10 Å². The second-order valence-corrected chi connectivity index (χ2v) is 13.3. The number of rotatable bonds is 10. The molecule has 0 atom stereocenters. The normalized spacial score (nSPS) is 12.2. The van der Waals surface area contributed by atoms with Crippen molar-refractivity contribution >= 4 is 58.3 Å². The summed E-state index contributed by atoms with van der Waals surface area (Å²) in [5.41, 5.74) is 7.59. The quantitative estimate of drug-likeness (QED) is 0.195. The highest BCUT2D eigenvalue weighted by Gasteiger charge is 2.30. The van der Waals surface area contributed by atoms with Crippen molar-refractivity contribution in [2.75, 3.05) is 29.8 Å². The highest BCUT2D eigenvalue weighted by atomic mass is 32.2. The third-order valence-electron chi connectivity index (χ3n) is 5.00. The number of anilines is 3. The monoisotopic (exact) mass is 609 g/mol. The molecule has 0 amide bonds. The highest BCUT2D eigenvalue weighted by Crippen LogP contribution is 2.48. The number of pyridine rings is 1. The van der Waals surface area contributed by atoms with Crippen molar-refractivity contribution in [3.05, 3.63) is 66.1 Å². The predicted molar refractivity (Wildman–Crippen MR) is 147 cm³/mol. The summed E-state index contributed by atoms with van der Waals surface area (Å²) in [6, 6.07) is 11.1. The van der Waals surface area contributed by atoms with Crippen molar-refractivity contribution in [1.29, 1.82) is 0 Å². The van der Waals surface area contributed by atoms with Gasteiger partial charge in [-0.25, -0.2) is 0 Å². The van der Waals surface area contributed by atoms with E-state index in [9.17, 15) is 25.3 Å². The van der Waals surface area contributed by atoms with E-state index in [0.29, 0.717) is 29.4 Å². The van der Waals surface area contributed by atoms with Crippen molar-refractivity contribution in [3.63, 3.8) is 0 Å². The maximum Gasteiger partial charge on any atom is 0.306 e. The smallest absolute Gasteiger partial charge is 0.306 e. The van der Waals surface area contributed by atoms with Crippen LogP contribution in [0.4, 0.5) is 17.2 Å². The van der Waals surface area contributed by atoms with Crippen LogP contribution in [0.15, 0.2) is 54.9 Å². The molecular formula is C23H23N5O9S3. The molecule has 3 N–H and O–H groups in total. The van der Waals surface area contributed by atoms with E-state index in [-0.39, 0.29) is 28.7 Å². The number of fused-ring (bicyclic) bond motifs is 1. The van der Waals surface area contributed by atoms with Crippen LogP contribution >= 0.6 is 0 Å². The minimum absolute atomic E-state index is 0.0154. The molecule has 0 aliphatic rings. The van der Waals surface area contributed by atoms with Crippen molar-refractivity contribution < 1.29 is 37.8 Å². The Morgan fingerprint density at radius 2 is 1.43 bits per heavy atom. The number of hydrogen-bond acceptors (Lipinski definition) is 14. The number of nitrogens with one attached hydrogen (secondary N) is 1. The predicted octanol–water partition coefficient (Wildman–Crippen LogP) is 1.96. The molecule has 14 nitrogen and oxygen atoms in total. The SMILES string of the molecule is CS(=O)(=O)Oc1cc2c(Nc3cccc(N)c3)nnc(Cc3ccncc3)c2c(OS(C)(=O)=O)c1OS(C)(=O)=O. The first-order valence-electron chi connectivity index (χ1n) is 11.1. The number of nitrogens with zero attached hydrogens (tertiary/aromatic N) is 3. The number of nitrogen functional groups attached to an aromatic ring is 1. The van der Waals surface area contributed by atoms with Crippen molar-refractivity contribution in [2.45, 2.75) is 6.42 Å². The van der Waals surface area contributed by atoms with Gasteiger partial charge >= 0.3 is 30.4 Å². The van der Waals surface area contributed by atoms with Crippen LogP contribution in [0.2, 0.25) is 0 Å². The minimum atomic E-state index is -4.36. The highest BCUT2D eigenvalue weighted by molar-refractivity contribution is 7.87. The molecule has 0 saturated heterocycles. The maximum atomic E-state index is 12.4. The second kappa shape index (κ2) is 10.7. The lowest BCUT2D eigenvalue weighted by atomic mass is 10.0. The minimum Gasteiger partial charge on any atom is -0.399 e. The summed E-state index contributed by atoms with van der Waals surface area (Å²) in [5, 5.41) is 11.5. The van der Waals surface area contributed by atoms with Crippen LogP contribution in [0.3, 0.4) is 0 Å². The van der Waals surface area contributed by atoms with Gasteiger partial charge in [-0.2, -0.15) is 30.4 Å². The van der Waals surface area contributed by atoms with Gasteiger partial charge in [0.25, 0.3) is 0 Å². The van der Waals surface area contributed by atoms with Crippen LogP contribution in [0.5, 0.6) is 17.2 Å². The van der Waals surface area contributed by atoms with E-state index in [0.717, 1.165) is 12.3 Å². The Morgan fingerprint density at radius 1 is 0.800 bits per heavy atom. The zero-order valence-corrected chi connectivity index (χ0v) is 23.7. The summed E-state index contributed by atoms with van der Waals surface area (Å²) >= 11 is 0. The average molecular weight is 610 g/mol. The standard InChI is InChI=1S/C23H23N5O9S3/c1-38(29,30)35-19-13-17-20(22(37-40(3,33)34)21(19)36-39(2,31)32)18(11-14-7-9-25-10-8-14)27-28-23(17)26-16-6-4-5-15(24)12-16/h4-10,12-13H,11,24H2,1-3H3,(H,26,28). The molecule has 17 heteroatoms. The van der Waals surface area contributed by atoms with Gasteiger partial charge in [0.2, 0.25) is 5.75 Å². The zero-order valence-electron chi connectivity index (χ0n) is 21.2. The Kier molecular flexibility index (Phi) is 7.73. The molecule has 0 fully saturated rings. The summed E-state index contributed by atoms with van der Waals surface area (Å²) in [5.74, 6) is -2.14. The zero-order chi connectivity index (χ0) is 29.3. The van der Waals surface area contributed by atoms with Gasteiger partial charge in [0.05, 0.1) is 29.8 Å². The molecule has 0 saturated carbocycles. The van der Waals surface area contributed by atoms with Crippen LogP contribution in [-0.4, -0.2) is 59.2 Å². The fourth-order valence-electron chi connectivity index (χ4n) is 3.65. The molecule has 2 aromatic heterocycles. The van der Waals surface area contributed by atoms with E-state index in [1.54, 1.807) is 36.4 Å². The lowest BCUT2D eigenvalue weighted by molar-refractivity contribution is 0.436. The molecule has 0 radical (unpaired) electrons. The van der Waals surface area contributed by atoms with E-state index in [1.165, 1.54) is 12.4 Å². The molecule has 0 aliphatic heterocycles. The summed E-state index contributed by atoms with van der Waals surface area (Å²) in [4.78, 5) is 3.96. The molecule has 2 heterocycles. The third kappa shape index (κ3) is 7.45. The Labute approximate surface area is 230 Å². The van der Waals surface area contributed by atoms with Crippen molar-refractivity contribution in [3.8, 4) is 17.2 Å². The van der Waals surface area contributed by atoms with Crippen LogP contribution < -0.4 is 23.6 Å². The number of benzene rings is 2. The van der Waals surface area contributed by atoms with Crippen LogP contribution in [0, 0.1) is 0 Å². The lowest BCUT2D eigenvalue weighted by Crippen LogP contribution is -2.15. The second-order valence-electron chi connectivity index (χ2n) is 8.60. The molecule has 0 unspecified atom stereocenters. The number of aromatic nitrogens is 3. The fourth-order valence-corrected chi connectivity index (χ4v) is 5.03. The van der Waals surface area contributed by atoms with Crippen LogP contribution in [0.25, 0.3) is 10.8 Å². The summed E-state index contributed by atoms with van der Waals surface area (Å²) in [6.07, 6.45) is 5.24. The molecule has 40 heavy (non-hydrogen) atoms. The number of nitrogens with two attached hydrogens (primary N) is 1. The van der Waals surface area contributed by atoms with Gasteiger partial charge < -0.3 is 23.6 Å². The molecular weight excluding hydrogens is 586 g/mol. The van der Waals surface area contributed by atoms with Crippen LogP contribution in [-0.2, 0) is 36.8 Å². The van der Waals surface area contributed by atoms with E-state index < -0.39 is 47.6 Å². The molecule has 4 aromatic rings. The Morgan fingerprint density at radius 3 is 2.02 bits per heavy atom. The summed E-state index contributed by atoms with van der Waals surface area (Å²) in [7, 11) is -13.0. The topological polar surface area (TPSA) is 207 Å². The van der Waals surface area contributed by atoms with Crippen molar-refractivity contribution in [2.24, 2.45) is 0 Å². The summed E-state index contributed by atoms with van der Waals surface area (Å²) < 4.78 is 88.7. The van der Waals surface area contributed by atoms with Gasteiger partial charge in [0.1, 0.15) is 0 Å². The van der Waals surface area contributed by atoms with Crippen LogP contribution in [0.1, 0.15) is 11.3 Å². The van der Waals surface area contributed by atoms with Gasteiger partial charge in [0, 0.05) is 35.6 Å². The van der Waals surface area contributed by atoms with Gasteiger partial charge in [-0.05, 0) is 42.0 Å². The van der Waals surface area contributed by atoms with Crippen molar-refractivity contribution in [1.82, 2.24) is 15.2 Å². The average Bonchev–Trinajstić information content (AvgIpc) is 2.81. The van der Waals surface area contributed by atoms with E-state index in [4.69, 9.17) is 18.3 Å². The summed E-state index contributed by atoms with van der Waals surface area (Å²) in [6.45, 7) is 0. The van der Waals surface area contributed by atoms with Gasteiger partial charge in [-0.1, -0.05) is 6.07 Å². The fraction of sp³-hybridized carbons (Fsp3) is 0.174. The molecule has 0 aliphatic carbocycles. The molecule has 212 valence electrons. The molecule has 2 aromatic carbocycles. The Hall–Kier alpha value is -4.22. The lowest BCUT2D eigenvalue weighted by Gasteiger charge is -2.19. The maximum absolute atomic E-state index is 12.4. The first-order chi connectivity index (χ1) is 18.6. The van der Waals surface area contributed by atoms with E-state index >= 15 is 0 Å². The number of hydrogen-bond donors (Lipinski definition) is 2. The first kappa shape index (κ1) is 28.8. The third-order valence-corrected chi connectivity index (χ3v) is 6.42. The van der Waals surface area contributed by atoms with Gasteiger partial charge in [0.15, 0.2) is 17.3 Å². The Bertz CT molecular complexity index is 1920. The van der Waals surface area contributed by atoms with Gasteiger partial charge in [-0.3, -0.25) is 4.98 Å². The molecule has 0 spiro atoms. The first-order valence-corrected chi connectivity index (χ1v) is 16.6. The largest absolute Gasteiger partial charge is 0.399 e. The Balaban J connectivity index is 2.13. The molecule has 0 bridgehead atoms. The van der Waals surface area contributed by atoms with E-state index in [1.807, 2.05) is 0 Å². The molecule has 4 rings (SSSR count). The van der Waals surface area contributed by atoms with E-state index in [2.05, 4.69) is 20.5 Å².